The number of hydrogen-bond acceptors (Lipinski definition) is 2. The summed E-state index contributed by atoms with van der Waals surface area (Å²) in [7, 11) is 0. The number of nitrogens with two attached hydrogens (primary N) is 1. The maximum atomic E-state index is 10.6. The van der Waals surface area contributed by atoms with Crippen molar-refractivity contribution in [2.45, 2.75) is 20.3 Å². The predicted molar refractivity (Wildman–Crippen MR) is 46.6 cm³/mol. The summed E-state index contributed by atoms with van der Waals surface area (Å²) in [5.41, 5.74) is 7.83. The third-order valence-corrected chi connectivity index (χ3v) is 1.51. The summed E-state index contributed by atoms with van der Waals surface area (Å²) in [6.45, 7) is 3.87. The number of carbonyl (C=O) groups is 1. The van der Waals surface area contributed by atoms with Gasteiger partial charge >= 0.3 is 0 Å². The standard InChI is InChI=1S/C9H12N2O/c1-6-3-7(2)11-8(4-6)5-9(10)12/h3-4H,5H2,1-2H3,(H2,10,12). The van der Waals surface area contributed by atoms with Crippen LogP contribution in [0.1, 0.15) is 17.0 Å². The SMILES string of the molecule is Cc1cc(C)nc(CC(N)=O)c1. The molecule has 0 radical (unpaired) electrons. The minimum Gasteiger partial charge on any atom is -0.369 e. The molecular formula is C9H12N2O. The van der Waals surface area contributed by atoms with Gasteiger partial charge in [0, 0.05) is 5.69 Å². The van der Waals surface area contributed by atoms with E-state index in [1.807, 2.05) is 26.0 Å². The Balaban J connectivity index is 2.93. The first-order chi connectivity index (χ1) is 5.58. The van der Waals surface area contributed by atoms with E-state index < -0.39 is 0 Å². The van der Waals surface area contributed by atoms with Crippen molar-refractivity contribution in [3.8, 4) is 0 Å². The van der Waals surface area contributed by atoms with Gasteiger partial charge in [0.15, 0.2) is 0 Å². The van der Waals surface area contributed by atoms with Crippen LogP contribution in [0.15, 0.2) is 12.1 Å². The molecule has 3 nitrogen and oxygen atoms in total. The summed E-state index contributed by atoms with van der Waals surface area (Å²) in [6, 6.07) is 3.84. The largest absolute Gasteiger partial charge is 0.369 e. The first-order valence-electron chi connectivity index (χ1n) is 3.80. The minimum atomic E-state index is -0.340. The number of nitrogens with zero attached hydrogens (tertiary/aromatic N) is 1. The van der Waals surface area contributed by atoms with Crippen LogP contribution in [0.5, 0.6) is 0 Å². The van der Waals surface area contributed by atoms with Crippen molar-refractivity contribution in [3.05, 3.63) is 29.1 Å². The van der Waals surface area contributed by atoms with Gasteiger partial charge in [-0.15, -0.1) is 0 Å². The second-order valence-electron chi connectivity index (χ2n) is 2.92. The van der Waals surface area contributed by atoms with Crippen LogP contribution >= 0.6 is 0 Å². The highest BCUT2D eigenvalue weighted by Gasteiger charge is 2.00. The Morgan fingerprint density at radius 3 is 2.67 bits per heavy atom. The zero-order valence-electron chi connectivity index (χ0n) is 7.29. The Bertz CT molecular complexity index is 287. The molecule has 0 bridgehead atoms. The summed E-state index contributed by atoms with van der Waals surface area (Å²) in [5, 5.41) is 0. The van der Waals surface area contributed by atoms with Crippen LogP contribution in [-0.4, -0.2) is 10.9 Å². The third-order valence-electron chi connectivity index (χ3n) is 1.51. The van der Waals surface area contributed by atoms with Gasteiger partial charge in [-0.1, -0.05) is 0 Å². The minimum absolute atomic E-state index is 0.225. The average molecular weight is 164 g/mol. The molecule has 1 heterocycles. The van der Waals surface area contributed by atoms with E-state index in [4.69, 9.17) is 5.73 Å². The normalized spacial score (nSPS) is 9.83. The van der Waals surface area contributed by atoms with Gasteiger partial charge in [-0.2, -0.15) is 0 Å². The van der Waals surface area contributed by atoms with Gasteiger partial charge < -0.3 is 5.73 Å². The lowest BCUT2D eigenvalue weighted by molar-refractivity contribution is -0.117. The van der Waals surface area contributed by atoms with Crippen LogP contribution < -0.4 is 5.73 Å². The highest BCUT2D eigenvalue weighted by Crippen LogP contribution is 2.04. The van der Waals surface area contributed by atoms with E-state index in [0.29, 0.717) is 0 Å². The lowest BCUT2D eigenvalue weighted by atomic mass is 10.2. The van der Waals surface area contributed by atoms with E-state index in [1.54, 1.807) is 0 Å². The molecule has 0 aliphatic heterocycles. The van der Waals surface area contributed by atoms with Gasteiger partial charge in [0.2, 0.25) is 5.91 Å². The number of hydrogen-bond donors (Lipinski definition) is 1. The van der Waals surface area contributed by atoms with Crippen molar-refractivity contribution < 1.29 is 4.79 Å². The number of pyridine rings is 1. The molecular weight excluding hydrogens is 152 g/mol. The number of aryl methyl sites for hydroxylation is 2. The number of carbonyl (C=O) groups excluding carboxylic acids is 1. The Morgan fingerprint density at radius 1 is 1.50 bits per heavy atom. The van der Waals surface area contributed by atoms with Gasteiger partial charge in [-0.3, -0.25) is 9.78 Å². The Labute approximate surface area is 71.6 Å². The van der Waals surface area contributed by atoms with Crippen LogP contribution in [0.25, 0.3) is 0 Å². The number of amides is 1. The van der Waals surface area contributed by atoms with Crippen LogP contribution in [0.3, 0.4) is 0 Å². The first kappa shape index (κ1) is 8.71. The molecule has 1 aromatic heterocycles. The van der Waals surface area contributed by atoms with E-state index >= 15 is 0 Å². The van der Waals surface area contributed by atoms with Crippen molar-refractivity contribution in [2.24, 2.45) is 5.73 Å². The molecule has 0 saturated carbocycles. The van der Waals surface area contributed by atoms with Crippen molar-refractivity contribution >= 4 is 5.91 Å². The number of rotatable bonds is 2. The summed E-state index contributed by atoms with van der Waals surface area (Å²) in [6.07, 6.45) is 0.225. The fourth-order valence-electron chi connectivity index (χ4n) is 1.19. The van der Waals surface area contributed by atoms with Gasteiger partial charge in [-0.05, 0) is 31.5 Å². The molecule has 0 aliphatic rings. The van der Waals surface area contributed by atoms with Crippen molar-refractivity contribution in [3.63, 3.8) is 0 Å². The molecule has 0 unspecified atom stereocenters. The molecule has 0 spiro atoms. The van der Waals surface area contributed by atoms with Crippen LogP contribution in [0.2, 0.25) is 0 Å². The monoisotopic (exact) mass is 164 g/mol. The van der Waals surface area contributed by atoms with Crippen LogP contribution in [0, 0.1) is 13.8 Å². The van der Waals surface area contributed by atoms with Crippen molar-refractivity contribution in [1.82, 2.24) is 4.98 Å². The summed E-state index contributed by atoms with van der Waals surface area (Å²) < 4.78 is 0. The smallest absolute Gasteiger partial charge is 0.223 e. The third kappa shape index (κ3) is 2.34. The molecule has 3 heteroatoms. The maximum Gasteiger partial charge on any atom is 0.223 e. The fraction of sp³-hybridized carbons (Fsp3) is 0.333. The quantitative estimate of drug-likeness (QED) is 0.700. The summed E-state index contributed by atoms with van der Waals surface area (Å²) in [4.78, 5) is 14.7. The summed E-state index contributed by atoms with van der Waals surface area (Å²) in [5.74, 6) is -0.340. The molecule has 2 N–H and O–H groups in total. The predicted octanol–water partition coefficient (Wildman–Crippen LogP) is 0.726. The number of primary amides is 1. The van der Waals surface area contributed by atoms with E-state index in [9.17, 15) is 4.79 Å². The van der Waals surface area contributed by atoms with Crippen molar-refractivity contribution in [1.29, 1.82) is 0 Å². The zero-order valence-corrected chi connectivity index (χ0v) is 7.29. The molecule has 0 saturated heterocycles. The van der Waals surface area contributed by atoms with Crippen molar-refractivity contribution in [2.75, 3.05) is 0 Å². The lowest BCUT2D eigenvalue weighted by Gasteiger charge is -2.00. The summed E-state index contributed by atoms with van der Waals surface area (Å²) >= 11 is 0. The lowest BCUT2D eigenvalue weighted by Crippen LogP contribution is -2.14. The van der Waals surface area contributed by atoms with E-state index in [0.717, 1.165) is 17.0 Å². The highest BCUT2D eigenvalue weighted by molar-refractivity contribution is 5.76. The molecule has 0 aromatic carbocycles. The Hall–Kier alpha value is -1.38. The molecule has 0 fully saturated rings. The van der Waals surface area contributed by atoms with E-state index in [-0.39, 0.29) is 12.3 Å². The van der Waals surface area contributed by atoms with E-state index in [2.05, 4.69) is 4.98 Å². The topological polar surface area (TPSA) is 56.0 Å². The highest BCUT2D eigenvalue weighted by atomic mass is 16.1. The van der Waals surface area contributed by atoms with Gasteiger partial charge in [0.1, 0.15) is 0 Å². The Kier molecular flexibility index (Phi) is 2.43. The van der Waals surface area contributed by atoms with Gasteiger partial charge in [-0.25, -0.2) is 0 Å². The van der Waals surface area contributed by atoms with E-state index in [1.165, 1.54) is 0 Å². The van der Waals surface area contributed by atoms with Gasteiger partial charge in [0.25, 0.3) is 0 Å². The van der Waals surface area contributed by atoms with Crippen LogP contribution in [0.4, 0.5) is 0 Å². The molecule has 1 rings (SSSR count). The first-order valence-corrected chi connectivity index (χ1v) is 3.80. The Morgan fingerprint density at radius 2 is 2.17 bits per heavy atom. The van der Waals surface area contributed by atoms with Gasteiger partial charge in [0.05, 0.1) is 12.1 Å². The molecule has 1 amide bonds. The second kappa shape index (κ2) is 3.34. The fourth-order valence-corrected chi connectivity index (χ4v) is 1.19. The molecule has 1 aromatic rings. The maximum absolute atomic E-state index is 10.6. The number of aromatic nitrogens is 1. The molecule has 0 atom stereocenters. The molecule has 0 aliphatic carbocycles. The van der Waals surface area contributed by atoms with Crippen LogP contribution in [-0.2, 0) is 11.2 Å². The molecule has 12 heavy (non-hydrogen) atoms. The second-order valence-corrected chi connectivity index (χ2v) is 2.92. The average Bonchev–Trinajstić information content (AvgIpc) is 1.81. The molecule has 64 valence electrons. The zero-order chi connectivity index (χ0) is 9.14.